The molecule has 13 nitrogen and oxygen atoms in total. The van der Waals surface area contributed by atoms with Crippen LogP contribution in [-0.2, 0) is 4.79 Å². The molecule has 0 fully saturated rings. The number of ketones is 2. The Kier molecular flexibility index (Phi) is 5.21. The van der Waals surface area contributed by atoms with Crippen molar-refractivity contribution in [2.45, 2.75) is 25.0 Å². The largest absolute Gasteiger partial charge is 0.496 e. The molecule has 5 heterocycles. The highest BCUT2D eigenvalue weighted by atomic mass is 35.5. The van der Waals surface area contributed by atoms with Gasteiger partial charge in [-0.05, 0) is 18.6 Å². The van der Waals surface area contributed by atoms with Gasteiger partial charge in [-0.1, -0.05) is 18.5 Å². The topological polar surface area (TPSA) is 156 Å². The van der Waals surface area contributed by atoms with Crippen molar-refractivity contribution in [3.63, 3.8) is 0 Å². The number of carbonyl (C=O) groups excluding carboxylic acids is 2. The van der Waals surface area contributed by atoms with Crippen LogP contribution in [0.25, 0.3) is 10.9 Å². The third-order valence-electron chi connectivity index (χ3n) is 8.54. The first-order valence-electron chi connectivity index (χ1n) is 13.4. The van der Waals surface area contributed by atoms with E-state index in [1.807, 2.05) is 0 Å². The van der Waals surface area contributed by atoms with Crippen molar-refractivity contribution < 1.29 is 33.3 Å². The zero-order valence-electron chi connectivity index (χ0n) is 22.9. The number of nitrogens with one attached hydrogen (secondary N) is 2. The molecule has 0 saturated carbocycles. The van der Waals surface area contributed by atoms with Gasteiger partial charge in [0.15, 0.2) is 17.2 Å². The number of ether oxygens (including phenoxy) is 5. The van der Waals surface area contributed by atoms with E-state index in [1.165, 1.54) is 31.3 Å². The lowest BCUT2D eigenvalue weighted by Gasteiger charge is -2.41. The highest BCUT2D eigenvalue weighted by Crippen LogP contribution is 2.55. The van der Waals surface area contributed by atoms with Crippen molar-refractivity contribution in [3.05, 3.63) is 68.4 Å². The molecule has 2 aromatic carbocycles. The van der Waals surface area contributed by atoms with Crippen molar-refractivity contribution in [1.29, 1.82) is 0 Å². The summed E-state index contributed by atoms with van der Waals surface area (Å²) in [4.78, 5) is 50.0. The molecule has 218 valence electrons. The maximum atomic E-state index is 14.8. The number of pyridine rings is 1. The van der Waals surface area contributed by atoms with Gasteiger partial charge in [-0.25, -0.2) is 4.68 Å². The zero-order chi connectivity index (χ0) is 29.8. The lowest BCUT2D eigenvalue weighted by molar-refractivity contribution is -0.130. The van der Waals surface area contributed by atoms with Crippen LogP contribution in [0.15, 0.2) is 46.7 Å². The first-order chi connectivity index (χ1) is 20.8. The van der Waals surface area contributed by atoms with Gasteiger partial charge in [0.2, 0.25) is 29.9 Å². The van der Waals surface area contributed by atoms with E-state index in [-0.39, 0.29) is 52.2 Å². The number of Topliss-reactive ketones (excluding diaryl/α,β-unsaturated/α-hetero) is 2. The fourth-order valence-corrected chi connectivity index (χ4v) is 6.76. The number of allylic oxidation sites excluding steroid dienone is 1. The number of hydrogen-bond acceptors (Lipinski definition) is 11. The van der Waals surface area contributed by atoms with Gasteiger partial charge < -0.3 is 34.0 Å². The standard InChI is InChI=1S/C29H22ClN5O8/c1-11-4-15-20(25(36)29(11)26(37)21-18(39-2)8-19(40-3)22(30)24(21)43-29)23(35-28(34-15)31-9-32-35)13-5-12-6-16-17(42-10-41-16)7-14(12)33-27(13)38/h5-9,11,23H,4,10H2,1-3H3,(H,33,38)(H,31,32,34). The molecule has 2 aromatic heterocycles. The number of hydrogen-bond donors (Lipinski definition) is 2. The smallest absolute Gasteiger partial charge is 0.254 e. The quantitative estimate of drug-likeness (QED) is 0.331. The number of H-pyrrole nitrogens is 1. The first-order valence-corrected chi connectivity index (χ1v) is 13.7. The number of aromatic nitrogens is 4. The average molecular weight is 604 g/mol. The fourth-order valence-electron chi connectivity index (χ4n) is 6.49. The van der Waals surface area contributed by atoms with Gasteiger partial charge in [0, 0.05) is 40.3 Å². The Bertz CT molecular complexity index is 2030. The lowest BCUT2D eigenvalue weighted by atomic mass is 9.69. The minimum Gasteiger partial charge on any atom is -0.496 e. The highest BCUT2D eigenvalue weighted by Gasteiger charge is 2.64. The van der Waals surface area contributed by atoms with Crippen LogP contribution in [0.2, 0.25) is 5.02 Å². The maximum absolute atomic E-state index is 14.8. The molecular weight excluding hydrogens is 582 g/mol. The Hall–Kier alpha value is -5.04. The molecule has 3 aliphatic heterocycles. The molecule has 1 aliphatic carbocycles. The molecule has 1 spiro atoms. The van der Waals surface area contributed by atoms with Crippen molar-refractivity contribution in [3.8, 4) is 28.7 Å². The molecule has 8 rings (SSSR count). The summed E-state index contributed by atoms with van der Waals surface area (Å²) in [6.45, 7) is 1.83. The molecular formula is C29H22ClN5O8. The second kappa shape index (κ2) is 8.74. The number of benzene rings is 2. The third kappa shape index (κ3) is 3.25. The van der Waals surface area contributed by atoms with E-state index in [2.05, 4.69) is 20.4 Å². The normalized spacial score (nSPS) is 23.2. The predicted molar refractivity (Wildman–Crippen MR) is 151 cm³/mol. The van der Waals surface area contributed by atoms with Crippen LogP contribution in [0.5, 0.6) is 28.7 Å². The molecule has 43 heavy (non-hydrogen) atoms. The summed E-state index contributed by atoms with van der Waals surface area (Å²) < 4.78 is 29.6. The van der Waals surface area contributed by atoms with Gasteiger partial charge in [0.25, 0.3) is 5.56 Å². The van der Waals surface area contributed by atoms with E-state index < -0.39 is 34.7 Å². The molecule has 0 radical (unpaired) electrons. The number of methoxy groups -OCH3 is 2. The summed E-state index contributed by atoms with van der Waals surface area (Å²) in [6.07, 6.45) is 1.56. The fraction of sp³-hybridized carbons (Fsp3) is 0.276. The van der Waals surface area contributed by atoms with E-state index in [9.17, 15) is 14.4 Å². The summed E-state index contributed by atoms with van der Waals surface area (Å²) >= 11 is 6.60. The number of fused-ring (bicyclic) bond motifs is 4. The van der Waals surface area contributed by atoms with Gasteiger partial charge in [0.1, 0.15) is 34.5 Å². The molecule has 0 bridgehead atoms. The van der Waals surface area contributed by atoms with E-state index >= 15 is 0 Å². The second-order valence-electron chi connectivity index (χ2n) is 10.7. The predicted octanol–water partition coefficient (Wildman–Crippen LogP) is 3.41. The number of anilines is 1. The van der Waals surface area contributed by atoms with E-state index in [0.717, 1.165) is 0 Å². The van der Waals surface area contributed by atoms with Crippen LogP contribution in [0, 0.1) is 5.92 Å². The van der Waals surface area contributed by atoms with Crippen LogP contribution >= 0.6 is 11.6 Å². The van der Waals surface area contributed by atoms with Crippen molar-refractivity contribution in [1.82, 2.24) is 19.7 Å². The van der Waals surface area contributed by atoms with Gasteiger partial charge in [0.05, 0.1) is 19.7 Å². The van der Waals surface area contributed by atoms with Gasteiger partial charge in [-0.2, -0.15) is 10.1 Å². The molecule has 3 unspecified atom stereocenters. The lowest BCUT2D eigenvalue weighted by Crippen LogP contribution is -2.58. The molecule has 14 heteroatoms. The van der Waals surface area contributed by atoms with E-state index in [1.54, 1.807) is 25.1 Å². The zero-order valence-corrected chi connectivity index (χ0v) is 23.7. The summed E-state index contributed by atoms with van der Waals surface area (Å²) in [5.41, 5.74) is -0.960. The Balaban J connectivity index is 1.32. The van der Waals surface area contributed by atoms with E-state index in [4.69, 9.17) is 35.3 Å². The van der Waals surface area contributed by atoms with Crippen LogP contribution in [-0.4, -0.2) is 57.9 Å². The number of carbonyl (C=O) groups is 2. The summed E-state index contributed by atoms with van der Waals surface area (Å²) in [5.74, 6) is -0.0490. The average Bonchev–Trinajstić information content (AvgIpc) is 3.72. The van der Waals surface area contributed by atoms with Crippen molar-refractivity contribution in [2.24, 2.45) is 5.92 Å². The summed E-state index contributed by atoms with van der Waals surface area (Å²) in [5, 5.41) is 8.23. The Morgan fingerprint density at radius 2 is 1.81 bits per heavy atom. The minimum absolute atomic E-state index is 0.00788. The van der Waals surface area contributed by atoms with Gasteiger partial charge in [-0.3, -0.25) is 14.4 Å². The molecule has 0 amide bonds. The monoisotopic (exact) mass is 603 g/mol. The van der Waals surface area contributed by atoms with Crippen LogP contribution in [0.4, 0.5) is 5.95 Å². The number of aromatic amines is 1. The molecule has 0 saturated heterocycles. The van der Waals surface area contributed by atoms with Crippen LogP contribution in [0.3, 0.4) is 0 Å². The number of halogens is 1. The molecule has 4 aliphatic rings. The second-order valence-corrected chi connectivity index (χ2v) is 11.1. The first kappa shape index (κ1) is 25.7. The molecule has 2 N–H and O–H groups in total. The summed E-state index contributed by atoms with van der Waals surface area (Å²) in [6, 6.07) is 5.57. The Labute approximate surface area is 247 Å². The Morgan fingerprint density at radius 1 is 1.05 bits per heavy atom. The van der Waals surface area contributed by atoms with Gasteiger partial charge in [-0.15, -0.1) is 0 Å². The van der Waals surface area contributed by atoms with Crippen molar-refractivity contribution >= 4 is 40.0 Å². The molecule has 4 aromatic rings. The Morgan fingerprint density at radius 3 is 2.58 bits per heavy atom. The maximum Gasteiger partial charge on any atom is 0.254 e. The molecule has 3 atom stereocenters. The number of rotatable bonds is 3. The minimum atomic E-state index is -1.97. The van der Waals surface area contributed by atoms with E-state index in [0.29, 0.717) is 34.0 Å². The number of nitrogens with zero attached hydrogens (tertiary/aromatic N) is 3. The third-order valence-corrected chi connectivity index (χ3v) is 8.90. The SMILES string of the molecule is COc1cc(OC)c2c(c1Cl)OC1(C(=O)C3=C(CC1C)Nc1ncnn1C3c1cc3cc4c(cc3[nH]c1=O)OCO4)C2=O. The van der Waals surface area contributed by atoms with Crippen LogP contribution in [0.1, 0.15) is 35.3 Å². The van der Waals surface area contributed by atoms with Crippen molar-refractivity contribution in [2.75, 3.05) is 26.3 Å². The van der Waals surface area contributed by atoms with Gasteiger partial charge >= 0.3 is 0 Å². The summed E-state index contributed by atoms with van der Waals surface area (Å²) in [7, 11) is 2.83. The highest BCUT2D eigenvalue weighted by molar-refractivity contribution is 6.36. The van der Waals surface area contributed by atoms with Crippen LogP contribution < -0.4 is 34.6 Å².